The minimum atomic E-state index is -0.637. The summed E-state index contributed by atoms with van der Waals surface area (Å²) in [6.07, 6.45) is 1.72. The van der Waals surface area contributed by atoms with E-state index in [1.165, 1.54) is 0 Å². The van der Waals surface area contributed by atoms with Gasteiger partial charge in [0.2, 0.25) is 0 Å². The van der Waals surface area contributed by atoms with E-state index in [0.29, 0.717) is 12.1 Å². The first-order valence-electron chi connectivity index (χ1n) is 10.9. The van der Waals surface area contributed by atoms with Gasteiger partial charge in [0.05, 0.1) is 17.7 Å². The number of ketones is 1. The van der Waals surface area contributed by atoms with Gasteiger partial charge in [0.1, 0.15) is 11.5 Å². The third-order valence-corrected chi connectivity index (χ3v) is 5.51. The van der Waals surface area contributed by atoms with Crippen molar-refractivity contribution in [2.24, 2.45) is 0 Å². The Labute approximate surface area is 184 Å². The fourth-order valence-electron chi connectivity index (χ4n) is 3.92. The molecule has 1 atom stereocenters. The number of Topliss-reactive ketones (excluding diaryl/α,β-unsaturated/α-hetero) is 1. The van der Waals surface area contributed by atoms with E-state index in [4.69, 9.17) is 4.74 Å². The zero-order chi connectivity index (χ0) is 22.7. The lowest BCUT2D eigenvalue weighted by Gasteiger charge is -2.25. The van der Waals surface area contributed by atoms with Crippen LogP contribution in [0.25, 0.3) is 5.76 Å². The maximum Gasteiger partial charge on any atom is 0.295 e. The van der Waals surface area contributed by atoms with Gasteiger partial charge in [-0.05, 0) is 63.4 Å². The molecule has 1 amide bonds. The van der Waals surface area contributed by atoms with Crippen molar-refractivity contribution in [1.29, 1.82) is 0 Å². The number of aliphatic hydroxyl groups excluding tert-OH is 1. The van der Waals surface area contributed by atoms with Gasteiger partial charge in [-0.2, -0.15) is 0 Å². The van der Waals surface area contributed by atoms with Crippen molar-refractivity contribution < 1.29 is 19.4 Å². The Hall–Kier alpha value is -3.08. The molecule has 0 saturated carbocycles. The highest BCUT2D eigenvalue weighted by Gasteiger charge is 2.45. The highest BCUT2D eigenvalue weighted by atomic mass is 16.5. The molecular weight excluding hydrogens is 390 g/mol. The number of nitrogens with zero attached hydrogens (tertiary/aromatic N) is 1. The Bertz CT molecular complexity index is 1000. The lowest BCUT2D eigenvalue weighted by atomic mass is 9.93. The molecule has 0 radical (unpaired) electrons. The summed E-state index contributed by atoms with van der Waals surface area (Å²) in [4.78, 5) is 27.5. The van der Waals surface area contributed by atoms with Crippen LogP contribution in [0.3, 0.4) is 0 Å². The number of ether oxygens (including phenoxy) is 1. The molecule has 1 N–H and O–H groups in total. The molecule has 0 aromatic heterocycles. The van der Waals surface area contributed by atoms with Gasteiger partial charge >= 0.3 is 0 Å². The fourth-order valence-corrected chi connectivity index (χ4v) is 3.92. The number of amides is 1. The predicted octanol–water partition coefficient (Wildman–Crippen LogP) is 5.31. The summed E-state index contributed by atoms with van der Waals surface area (Å²) in [6.45, 7) is 10.2. The van der Waals surface area contributed by atoms with Crippen LogP contribution in [0.1, 0.15) is 61.9 Å². The second-order valence-electron chi connectivity index (χ2n) is 8.40. The van der Waals surface area contributed by atoms with Crippen LogP contribution in [0, 0.1) is 13.8 Å². The van der Waals surface area contributed by atoms with Crippen molar-refractivity contribution in [2.75, 3.05) is 6.54 Å². The van der Waals surface area contributed by atoms with Crippen LogP contribution in [0.4, 0.5) is 0 Å². The molecule has 1 heterocycles. The summed E-state index contributed by atoms with van der Waals surface area (Å²) in [5, 5.41) is 11.2. The summed E-state index contributed by atoms with van der Waals surface area (Å²) in [5.74, 6) is -0.598. The number of aryl methyl sites for hydroxylation is 2. The van der Waals surface area contributed by atoms with E-state index in [0.717, 1.165) is 35.3 Å². The van der Waals surface area contributed by atoms with Crippen molar-refractivity contribution in [3.63, 3.8) is 0 Å². The van der Waals surface area contributed by atoms with E-state index in [1.807, 2.05) is 77.1 Å². The van der Waals surface area contributed by atoms with E-state index < -0.39 is 17.7 Å². The van der Waals surface area contributed by atoms with E-state index >= 15 is 0 Å². The van der Waals surface area contributed by atoms with Crippen LogP contribution in [-0.4, -0.2) is 34.3 Å². The number of hydrogen-bond acceptors (Lipinski definition) is 4. The van der Waals surface area contributed by atoms with Crippen LogP contribution in [-0.2, 0) is 9.59 Å². The molecule has 2 aromatic rings. The van der Waals surface area contributed by atoms with Crippen molar-refractivity contribution in [2.45, 2.75) is 59.6 Å². The van der Waals surface area contributed by atoms with Gasteiger partial charge < -0.3 is 14.7 Å². The largest absolute Gasteiger partial charge is 0.507 e. The van der Waals surface area contributed by atoms with Crippen LogP contribution in [0.2, 0.25) is 0 Å². The van der Waals surface area contributed by atoms with Crippen molar-refractivity contribution in [3.05, 3.63) is 70.3 Å². The highest BCUT2D eigenvalue weighted by molar-refractivity contribution is 6.46. The van der Waals surface area contributed by atoms with Crippen molar-refractivity contribution >= 4 is 17.4 Å². The lowest BCUT2D eigenvalue weighted by molar-refractivity contribution is -0.139. The monoisotopic (exact) mass is 421 g/mol. The topological polar surface area (TPSA) is 66.8 Å². The number of benzene rings is 2. The van der Waals surface area contributed by atoms with E-state index in [1.54, 1.807) is 4.90 Å². The average Bonchev–Trinajstić information content (AvgIpc) is 2.98. The number of hydrogen-bond donors (Lipinski definition) is 1. The third-order valence-electron chi connectivity index (χ3n) is 5.51. The molecule has 5 heteroatoms. The number of aliphatic hydroxyl groups is 1. The number of likely N-dealkylation sites (tertiary alicyclic amines) is 1. The van der Waals surface area contributed by atoms with Crippen LogP contribution in [0.5, 0.6) is 5.75 Å². The van der Waals surface area contributed by atoms with Gasteiger partial charge in [0.15, 0.2) is 0 Å². The van der Waals surface area contributed by atoms with Gasteiger partial charge in [-0.1, -0.05) is 43.2 Å². The first-order valence-corrected chi connectivity index (χ1v) is 10.9. The van der Waals surface area contributed by atoms with Crippen molar-refractivity contribution in [1.82, 2.24) is 4.90 Å². The van der Waals surface area contributed by atoms with Gasteiger partial charge in [-0.25, -0.2) is 0 Å². The van der Waals surface area contributed by atoms with Gasteiger partial charge in [0.25, 0.3) is 11.7 Å². The Balaban J connectivity index is 2.14. The summed E-state index contributed by atoms with van der Waals surface area (Å²) in [5.41, 5.74) is 3.32. The molecule has 3 rings (SSSR count). The van der Waals surface area contributed by atoms with Crippen molar-refractivity contribution in [3.8, 4) is 5.75 Å². The van der Waals surface area contributed by atoms with E-state index in [2.05, 4.69) is 0 Å². The molecule has 0 aliphatic carbocycles. The summed E-state index contributed by atoms with van der Waals surface area (Å²) >= 11 is 0. The molecule has 1 saturated heterocycles. The highest BCUT2D eigenvalue weighted by Crippen LogP contribution is 2.40. The second kappa shape index (κ2) is 9.38. The minimum Gasteiger partial charge on any atom is -0.507 e. The van der Waals surface area contributed by atoms with E-state index in [9.17, 15) is 14.7 Å². The third kappa shape index (κ3) is 4.66. The molecule has 0 spiro atoms. The fraction of sp³-hybridized carbons (Fsp3) is 0.385. The molecule has 31 heavy (non-hydrogen) atoms. The first kappa shape index (κ1) is 22.6. The van der Waals surface area contributed by atoms with Crippen LogP contribution in [0.15, 0.2) is 48.0 Å². The Morgan fingerprint density at radius 1 is 1.10 bits per heavy atom. The van der Waals surface area contributed by atoms with Gasteiger partial charge in [-0.15, -0.1) is 0 Å². The maximum atomic E-state index is 13.1. The Morgan fingerprint density at radius 2 is 1.77 bits per heavy atom. The summed E-state index contributed by atoms with van der Waals surface area (Å²) < 4.78 is 5.73. The quantitative estimate of drug-likeness (QED) is 0.374. The number of rotatable bonds is 7. The zero-order valence-corrected chi connectivity index (χ0v) is 18.9. The molecule has 2 aromatic carbocycles. The molecule has 0 bridgehead atoms. The predicted molar refractivity (Wildman–Crippen MR) is 122 cm³/mol. The normalized spacial score (nSPS) is 18.1. The maximum absolute atomic E-state index is 13.1. The standard InChI is InChI=1S/C26H31NO4/c1-6-7-14-27-23(19-10-12-20(13-11-19)31-16(2)3)22(25(29)26(27)30)24(28)21-15-17(4)8-9-18(21)5/h8-13,15-16,23,28H,6-7,14H2,1-5H3/b24-22+. The minimum absolute atomic E-state index is 0.0466. The van der Waals surface area contributed by atoms with Gasteiger partial charge in [-0.3, -0.25) is 9.59 Å². The zero-order valence-electron chi connectivity index (χ0n) is 18.9. The molecule has 1 aliphatic heterocycles. The van der Waals surface area contributed by atoms with Gasteiger partial charge in [0, 0.05) is 12.1 Å². The van der Waals surface area contributed by atoms with Crippen LogP contribution < -0.4 is 4.74 Å². The SMILES string of the molecule is CCCCN1C(=O)C(=O)/C(=C(/O)c2cc(C)ccc2C)C1c1ccc(OC(C)C)cc1. The molecule has 1 unspecified atom stereocenters. The van der Waals surface area contributed by atoms with E-state index in [-0.39, 0.29) is 17.4 Å². The number of carbonyl (C=O) groups is 2. The molecule has 5 nitrogen and oxygen atoms in total. The summed E-state index contributed by atoms with van der Waals surface area (Å²) in [6, 6.07) is 12.5. The first-order chi connectivity index (χ1) is 14.7. The molecule has 1 aliphatic rings. The molecule has 164 valence electrons. The lowest BCUT2D eigenvalue weighted by Crippen LogP contribution is -2.30. The van der Waals surface area contributed by atoms with Crippen LogP contribution >= 0.6 is 0 Å². The molecule has 1 fully saturated rings. The Morgan fingerprint density at radius 3 is 2.39 bits per heavy atom. The summed E-state index contributed by atoms with van der Waals surface area (Å²) in [7, 11) is 0. The second-order valence-corrected chi connectivity index (χ2v) is 8.40. The molecular formula is C26H31NO4. The Kier molecular flexibility index (Phi) is 6.84. The average molecular weight is 422 g/mol. The smallest absolute Gasteiger partial charge is 0.295 e. The number of unbranched alkanes of at least 4 members (excludes halogenated alkanes) is 1. The number of carbonyl (C=O) groups excluding carboxylic acids is 2.